The summed E-state index contributed by atoms with van der Waals surface area (Å²) in [6.07, 6.45) is 5.64. The lowest BCUT2D eigenvalue weighted by Crippen LogP contribution is -2.20. The van der Waals surface area contributed by atoms with Gasteiger partial charge in [-0.2, -0.15) is 0 Å². The first kappa shape index (κ1) is 15.5. The number of unbranched alkanes of at least 4 members (excludes halogenated alkanes) is 1. The zero-order chi connectivity index (χ0) is 15.1. The molecule has 0 unspecified atom stereocenters. The third-order valence-electron chi connectivity index (χ3n) is 2.98. The smallest absolute Gasteiger partial charge is 0.230 e. The summed E-state index contributed by atoms with van der Waals surface area (Å²) in [4.78, 5) is 15.5. The second-order valence-corrected chi connectivity index (χ2v) is 5.46. The van der Waals surface area contributed by atoms with Crippen LogP contribution < -0.4 is 5.32 Å². The molecule has 0 fully saturated rings. The Kier molecular flexibility index (Phi) is 5.74. The molecule has 2 aromatic rings. The Morgan fingerprint density at radius 1 is 1.43 bits per heavy atom. The highest BCUT2D eigenvalue weighted by Crippen LogP contribution is 2.23. The number of nitrogens with zero attached hydrogens (tertiary/aromatic N) is 4. The maximum atomic E-state index is 11.4. The highest BCUT2D eigenvalue weighted by atomic mass is 32.2. The molecule has 0 spiro atoms. The van der Waals surface area contributed by atoms with Crippen molar-refractivity contribution in [2.45, 2.75) is 31.5 Å². The number of hydrogen-bond acceptors (Lipinski definition) is 5. The molecule has 112 valence electrons. The van der Waals surface area contributed by atoms with E-state index in [-0.39, 0.29) is 5.91 Å². The summed E-state index contributed by atoms with van der Waals surface area (Å²) in [6, 6.07) is 3.85. The van der Waals surface area contributed by atoms with Gasteiger partial charge in [0.1, 0.15) is 0 Å². The minimum Gasteiger partial charge on any atom is -0.358 e. The van der Waals surface area contributed by atoms with Crippen molar-refractivity contribution in [3.8, 4) is 11.4 Å². The van der Waals surface area contributed by atoms with Crippen LogP contribution >= 0.6 is 11.8 Å². The second-order valence-electron chi connectivity index (χ2n) is 4.51. The lowest BCUT2D eigenvalue weighted by molar-refractivity contribution is -0.118. The average molecular weight is 305 g/mol. The van der Waals surface area contributed by atoms with Gasteiger partial charge in [0.25, 0.3) is 0 Å². The van der Waals surface area contributed by atoms with Crippen LogP contribution in [0.3, 0.4) is 0 Å². The molecule has 2 heterocycles. The van der Waals surface area contributed by atoms with E-state index >= 15 is 0 Å². The van der Waals surface area contributed by atoms with Crippen LogP contribution in [0.4, 0.5) is 0 Å². The molecule has 0 saturated heterocycles. The molecule has 1 N–H and O–H groups in total. The fraction of sp³-hybridized carbons (Fsp3) is 0.429. The van der Waals surface area contributed by atoms with Gasteiger partial charge in [0.2, 0.25) is 5.91 Å². The second kappa shape index (κ2) is 7.78. The summed E-state index contributed by atoms with van der Waals surface area (Å²) in [5.74, 6) is 1.12. The molecule has 21 heavy (non-hydrogen) atoms. The van der Waals surface area contributed by atoms with E-state index in [2.05, 4.69) is 32.0 Å². The summed E-state index contributed by atoms with van der Waals surface area (Å²) in [5.41, 5.74) is 0.938. The Balaban J connectivity index is 2.24. The number of aromatic nitrogens is 4. The summed E-state index contributed by atoms with van der Waals surface area (Å²) < 4.78 is 2.06. The average Bonchev–Trinajstić information content (AvgIpc) is 2.94. The molecule has 1 amide bonds. The molecule has 2 rings (SSSR count). The molecular formula is C14H19N5OS. The summed E-state index contributed by atoms with van der Waals surface area (Å²) >= 11 is 1.40. The van der Waals surface area contributed by atoms with Crippen LogP contribution in [0, 0.1) is 0 Å². The van der Waals surface area contributed by atoms with Crippen LogP contribution in [-0.4, -0.2) is 38.5 Å². The Morgan fingerprint density at radius 3 is 2.95 bits per heavy atom. The Bertz CT molecular complexity index is 584. The molecule has 0 aliphatic heterocycles. The van der Waals surface area contributed by atoms with Crippen molar-refractivity contribution in [3.05, 3.63) is 24.5 Å². The van der Waals surface area contributed by atoms with Gasteiger partial charge in [-0.25, -0.2) is 0 Å². The first-order valence-corrected chi connectivity index (χ1v) is 7.91. The van der Waals surface area contributed by atoms with E-state index in [4.69, 9.17) is 0 Å². The van der Waals surface area contributed by atoms with Gasteiger partial charge >= 0.3 is 0 Å². The van der Waals surface area contributed by atoms with Crippen molar-refractivity contribution >= 4 is 17.7 Å². The van der Waals surface area contributed by atoms with Crippen LogP contribution in [0.2, 0.25) is 0 Å². The van der Waals surface area contributed by atoms with Crippen LogP contribution in [0.5, 0.6) is 0 Å². The summed E-state index contributed by atoms with van der Waals surface area (Å²) in [7, 11) is 1.63. The zero-order valence-electron chi connectivity index (χ0n) is 12.2. The molecule has 0 bridgehead atoms. The van der Waals surface area contributed by atoms with Gasteiger partial charge in [-0.3, -0.25) is 9.78 Å². The number of pyridine rings is 1. The first-order chi connectivity index (χ1) is 10.3. The number of rotatable bonds is 7. The maximum absolute atomic E-state index is 11.4. The van der Waals surface area contributed by atoms with E-state index in [0.717, 1.165) is 35.9 Å². The third kappa shape index (κ3) is 4.04. The molecule has 0 aromatic carbocycles. The SMILES string of the molecule is CCCCn1c(SCC(=O)NC)nnc1-c1cccnc1. The van der Waals surface area contributed by atoms with E-state index < -0.39 is 0 Å². The van der Waals surface area contributed by atoms with Crippen LogP contribution in [0.15, 0.2) is 29.7 Å². The van der Waals surface area contributed by atoms with Gasteiger partial charge in [0.15, 0.2) is 11.0 Å². The van der Waals surface area contributed by atoms with Crippen molar-refractivity contribution in [3.63, 3.8) is 0 Å². The topological polar surface area (TPSA) is 72.7 Å². The van der Waals surface area contributed by atoms with Crippen molar-refractivity contribution in [2.75, 3.05) is 12.8 Å². The van der Waals surface area contributed by atoms with Gasteiger partial charge in [-0.1, -0.05) is 25.1 Å². The van der Waals surface area contributed by atoms with Gasteiger partial charge in [-0.05, 0) is 18.6 Å². The fourth-order valence-electron chi connectivity index (χ4n) is 1.82. The van der Waals surface area contributed by atoms with Crippen LogP contribution in [0.25, 0.3) is 11.4 Å². The third-order valence-corrected chi connectivity index (χ3v) is 3.95. The van der Waals surface area contributed by atoms with Crippen LogP contribution in [0.1, 0.15) is 19.8 Å². The van der Waals surface area contributed by atoms with E-state index in [0.29, 0.717) is 5.75 Å². The normalized spacial score (nSPS) is 10.6. The zero-order valence-corrected chi connectivity index (χ0v) is 13.1. The molecular weight excluding hydrogens is 286 g/mol. The number of hydrogen-bond donors (Lipinski definition) is 1. The largest absolute Gasteiger partial charge is 0.358 e. The molecule has 0 radical (unpaired) electrons. The quantitative estimate of drug-likeness (QED) is 0.792. The van der Waals surface area contributed by atoms with Crippen molar-refractivity contribution < 1.29 is 4.79 Å². The number of carbonyl (C=O) groups excluding carboxylic acids is 1. The fourth-order valence-corrected chi connectivity index (χ4v) is 2.66. The number of nitrogens with one attached hydrogen (secondary N) is 1. The highest BCUT2D eigenvalue weighted by molar-refractivity contribution is 7.99. The van der Waals surface area contributed by atoms with Crippen molar-refractivity contribution in [1.29, 1.82) is 0 Å². The lowest BCUT2D eigenvalue weighted by Gasteiger charge is -2.09. The van der Waals surface area contributed by atoms with Crippen LogP contribution in [-0.2, 0) is 11.3 Å². The minimum absolute atomic E-state index is 0.0204. The molecule has 0 aliphatic carbocycles. The first-order valence-electron chi connectivity index (χ1n) is 6.93. The number of thioether (sulfide) groups is 1. The van der Waals surface area contributed by atoms with Gasteiger partial charge in [0.05, 0.1) is 5.75 Å². The Labute approximate surface area is 128 Å². The predicted molar refractivity (Wildman–Crippen MR) is 83.0 cm³/mol. The van der Waals surface area contributed by atoms with E-state index in [1.165, 1.54) is 11.8 Å². The molecule has 6 nitrogen and oxygen atoms in total. The number of carbonyl (C=O) groups is 1. The minimum atomic E-state index is -0.0204. The Hall–Kier alpha value is -1.89. The maximum Gasteiger partial charge on any atom is 0.230 e. The standard InChI is InChI=1S/C14H19N5OS/c1-3-4-8-19-13(11-6-5-7-16-9-11)17-18-14(19)21-10-12(20)15-2/h5-7,9H,3-4,8,10H2,1-2H3,(H,15,20). The molecule has 0 atom stereocenters. The summed E-state index contributed by atoms with van der Waals surface area (Å²) in [6.45, 7) is 2.98. The Morgan fingerprint density at radius 2 is 2.29 bits per heavy atom. The number of amides is 1. The van der Waals surface area contributed by atoms with Gasteiger partial charge in [0, 0.05) is 31.5 Å². The molecule has 7 heteroatoms. The van der Waals surface area contributed by atoms with Crippen molar-refractivity contribution in [1.82, 2.24) is 25.1 Å². The van der Waals surface area contributed by atoms with E-state index in [1.54, 1.807) is 19.4 Å². The predicted octanol–water partition coefficient (Wildman–Crippen LogP) is 1.98. The lowest BCUT2D eigenvalue weighted by atomic mass is 10.2. The molecule has 2 aromatic heterocycles. The monoisotopic (exact) mass is 305 g/mol. The van der Waals surface area contributed by atoms with E-state index in [9.17, 15) is 4.79 Å². The van der Waals surface area contributed by atoms with Gasteiger partial charge < -0.3 is 9.88 Å². The molecule has 0 saturated carbocycles. The van der Waals surface area contributed by atoms with Crippen molar-refractivity contribution in [2.24, 2.45) is 0 Å². The van der Waals surface area contributed by atoms with Gasteiger partial charge in [-0.15, -0.1) is 10.2 Å². The van der Waals surface area contributed by atoms with E-state index in [1.807, 2.05) is 12.1 Å². The summed E-state index contributed by atoms with van der Waals surface area (Å²) in [5, 5.41) is 11.9. The highest BCUT2D eigenvalue weighted by Gasteiger charge is 2.15. The molecule has 0 aliphatic rings.